The van der Waals surface area contributed by atoms with Crippen LogP contribution in [-0.4, -0.2) is 22.4 Å². The fourth-order valence-electron chi connectivity index (χ4n) is 2.87. The minimum absolute atomic E-state index is 0.613. The lowest BCUT2D eigenvalue weighted by atomic mass is 10.1. The number of halogens is 1. The van der Waals surface area contributed by atoms with Gasteiger partial charge in [0, 0.05) is 23.5 Å². The van der Waals surface area contributed by atoms with Crippen LogP contribution in [0.25, 0.3) is 16.4 Å². The highest BCUT2D eigenvalue weighted by Gasteiger charge is 2.15. The first-order valence-electron chi connectivity index (χ1n) is 6.66. The normalized spacial score (nSPS) is 11.4. The van der Waals surface area contributed by atoms with Crippen LogP contribution in [0.5, 0.6) is 5.75 Å². The molecule has 0 fully saturated rings. The molecule has 0 saturated heterocycles. The Morgan fingerprint density at radius 3 is 2.80 bits per heavy atom. The quantitative estimate of drug-likeness (QED) is 0.684. The van der Waals surface area contributed by atoms with Crippen LogP contribution in [0, 0.1) is 13.8 Å². The molecule has 3 aromatic rings. The highest BCUT2D eigenvalue weighted by Crippen LogP contribution is 2.32. The Labute approximate surface area is 123 Å². The Hall–Kier alpha value is -1.74. The Morgan fingerprint density at radius 1 is 1.30 bits per heavy atom. The number of hydrogen-bond acceptors (Lipinski definition) is 2. The van der Waals surface area contributed by atoms with E-state index in [1.807, 2.05) is 19.2 Å². The molecule has 0 saturated carbocycles. The topological polar surface area (TPSA) is 26.5 Å². The number of aromatic nitrogens is 2. The number of rotatable bonds is 3. The zero-order chi connectivity index (χ0) is 14.3. The summed E-state index contributed by atoms with van der Waals surface area (Å²) >= 11 is 5.99. The molecule has 0 amide bonds. The zero-order valence-corrected chi connectivity index (χ0v) is 12.7. The molecule has 2 aromatic heterocycles. The van der Waals surface area contributed by atoms with E-state index in [0.29, 0.717) is 5.88 Å². The second-order valence-corrected chi connectivity index (χ2v) is 5.35. The van der Waals surface area contributed by atoms with Crippen molar-refractivity contribution in [3.63, 3.8) is 0 Å². The minimum Gasteiger partial charge on any atom is -0.497 e. The van der Waals surface area contributed by atoms with E-state index in [9.17, 15) is 0 Å². The molecule has 0 aliphatic carbocycles. The lowest BCUT2D eigenvalue weighted by Gasteiger charge is -2.05. The van der Waals surface area contributed by atoms with Crippen molar-refractivity contribution in [2.45, 2.75) is 20.3 Å². The van der Waals surface area contributed by atoms with E-state index in [4.69, 9.17) is 16.3 Å². The Kier molecular flexibility index (Phi) is 3.30. The molecule has 0 bridgehead atoms. The van der Waals surface area contributed by atoms with E-state index in [1.165, 1.54) is 22.0 Å². The summed E-state index contributed by atoms with van der Waals surface area (Å²) in [5.74, 6) is 2.45. The van der Waals surface area contributed by atoms with E-state index in [0.717, 1.165) is 23.5 Å². The maximum absolute atomic E-state index is 5.99. The molecule has 0 aliphatic rings. The third-order valence-electron chi connectivity index (χ3n) is 3.77. The first-order chi connectivity index (χ1) is 9.67. The number of alkyl halides is 1. The van der Waals surface area contributed by atoms with Crippen molar-refractivity contribution < 1.29 is 4.74 Å². The van der Waals surface area contributed by atoms with E-state index < -0.39 is 0 Å². The summed E-state index contributed by atoms with van der Waals surface area (Å²) < 4.78 is 7.55. The van der Waals surface area contributed by atoms with Crippen molar-refractivity contribution in [1.82, 2.24) is 9.38 Å². The number of ether oxygens (including phenoxy) is 1. The summed E-state index contributed by atoms with van der Waals surface area (Å²) in [5, 5.41) is 1.23. The summed E-state index contributed by atoms with van der Waals surface area (Å²) in [5.41, 5.74) is 4.82. The van der Waals surface area contributed by atoms with Crippen molar-refractivity contribution in [2.75, 3.05) is 13.0 Å². The van der Waals surface area contributed by atoms with Crippen LogP contribution in [-0.2, 0) is 6.42 Å². The van der Waals surface area contributed by atoms with Gasteiger partial charge >= 0.3 is 0 Å². The Balaban J connectivity index is 2.52. The van der Waals surface area contributed by atoms with Gasteiger partial charge in [0.1, 0.15) is 11.6 Å². The Bertz CT molecular complexity index is 792. The standard InChI is InChI=1S/C16H17ClN2O/c1-10-9-18-11(2)19-15-8-12(20-3)4-5-13(15)14(6-7-17)16(10)19/h4-5,8-9H,6-7H2,1-3H3. The van der Waals surface area contributed by atoms with Crippen LogP contribution in [0.15, 0.2) is 24.4 Å². The molecule has 0 aliphatic heterocycles. The number of fused-ring (bicyclic) bond motifs is 3. The largest absolute Gasteiger partial charge is 0.497 e. The average molecular weight is 289 g/mol. The van der Waals surface area contributed by atoms with Gasteiger partial charge in [-0.05, 0) is 43.5 Å². The molecule has 20 heavy (non-hydrogen) atoms. The van der Waals surface area contributed by atoms with Gasteiger partial charge in [-0.2, -0.15) is 0 Å². The zero-order valence-electron chi connectivity index (χ0n) is 11.9. The predicted octanol–water partition coefficient (Wildman–Crippen LogP) is 3.89. The lowest BCUT2D eigenvalue weighted by Crippen LogP contribution is -1.98. The first-order valence-corrected chi connectivity index (χ1v) is 7.20. The van der Waals surface area contributed by atoms with Gasteiger partial charge in [0.2, 0.25) is 0 Å². The highest BCUT2D eigenvalue weighted by atomic mass is 35.5. The molecule has 0 spiro atoms. The summed E-state index contributed by atoms with van der Waals surface area (Å²) in [6, 6.07) is 6.17. The number of aryl methyl sites for hydroxylation is 3. The fraction of sp³-hybridized carbons (Fsp3) is 0.312. The van der Waals surface area contributed by atoms with E-state index >= 15 is 0 Å². The van der Waals surface area contributed by atoms with Crippen molar-refractivity contribution in [2.24, 2.45) is 0 Å². The van der Waals surface area contributed by atoms with Crippen molar-refractivity contribution in [3.8, 4) is 5.75 Å². The fourth-order valence-corrected chi connectivity index (χ4v) is 3.06. The van der Waals surface area contributed by atoms with Crippen molar-refractivity contribution >= 4 is 28.0 Å². The lowest BCUT2D eigenvalue weighted by molar-refractivity contribution is 0.415. The Morgan fingerprint density at radius 2 is 2.10 bits per heavy atom. The van der Waals surface area contributed by atoms with E-state index in [2.05, 4.69) is 28.4 Å². The molecular weight excluding hydrogens is 272 g/mol. The smallest absolute Gasteiger partial charge is 0.120 e. The predicted molar refractivity (Wildman–Crippen MR) is 83.1 cm³/mol. The third kappa shape index (κ3) is 1.85. The van der Waals surface area contributed by atoms with Crippen LogP contribution < -0.4 is 4.74 Å². The summed E-state index contributed by atoms with van der Waals surface area (Å²) in [7, 11) is 1.69. The maximum Gasteiger partial charge on any atom is 0.120 e. The summed E-state index contributed by atoms with van der Waals surface area (Å²) in [4.78, 5) is 4.48. The van der Waals surface area contributed by atoms with Crippen LogP contribution in [0.3, 0.4) is 0 Å². The number of hydrogen-bond donors (Lipinski definition) is 0. The molecule has 4 heteroatoms. The number of benzene rings is 1. The van der Waals surface area contributed by atoms with Gasteiger partial charge in [0.05, 0.1) is 18.1 Å². The van der Waals surface area contributed by atoms with Gasteiger partial charge in [0.25, 0.3) is 0 Å². The van der Waals surface area contributed by atoms with Gasteiger partial charge in [-0.1, -0.05) is 0 Å². The second kappa shape index (κ2) is 4.98. The molecular formula is C16H17ClN2O. The van der Waals surface area contributed by atoms with Crippen molar-refractivity contribution in [3.05, 3.63) is 41.3 Å². The van der Waals surface area contributed by atoms with Crippen LogP contribution in [0.1, 0.15) is 17.0 Å². The summed E-state index contributed by atoms with van der Waals surface area (Å²) in [6.07, 6.45) is 2.78. The average Bonchev–Trinajstić information content (AvgIpc) is 2.78. The molecule has 0 radical (unpaired) electrons. The SMILES string of the molecule is COc1ccc2c(CCCl)c3c(C)cnc(C)n3c2c1. The second-order valence-electron chi connectivity index (χ2n) is 4.97. The molecule has 3 rings (SSSR count). The number of nitrogens with zero attached hydrogens (tertiary/aromatic N) is 2. The minimum atomic E-state index is 0.613. The molecule has 2 heterocycles. The van der Waals surface area contributed by atoms with Crippen LogP contribution in [0.4, 0.5) is 0 Å². The van der Waals surface area contributed by atoms with Gasteiger partial charge < -0.3 is 4.74 Å². The molecule has 104 valence electrons. The molecule has 0 unspecified atom stereocenters. The van der Waals surface area contributed by atoms with Gasteiger partial charge in [-0.15, -0.1) is 11.6 Å². The molecule has 0 N–H and O–H groups in total. The monoisotopic (exact) mass is 288 g/mol. The molecule has 1 aromatic carbocycles. The van der Waals surface area contributed by atoms with Gasteiger partial charge in [0.15, 0.2) is 0 Å². The van der Waals surface area contributed by atoms with Crippen molar-refractivity contribution in [1.29, 1.82) is 0 Å². The maximum atomic E-state index is 5.99. The third-order valence-corrected chi connectivity index (χ3v) is 3.96. The molecule has 0 atom stereocenters. The van der Waals surface area contributed by atoms with Gasteiger partial charge in [-0.3, -0.25) is 4.40 Å². The van der Waals surface area contributed by atoms with E-state index in [1.54, 1.807) is 7.11 Å². The van der Waals surface area contributed by atoms with Crippen LogP contribution >= 0.6 is 11.6 Å². The van der Waals surface area contributed by atoms with E-state index in [-0.39, 0.29) is 0 Å². The van der Waals surface area contributed by atoms with Gasteiger partial charge in [-0.25, -0.2) is 4.98 Å². The highest BCUT2D eigenvalue weighted by molar-refractivity contribution is 6.18. The summed E-state index contributed by atoms with van der Waals surface area (Å²) in [6.45, 7) is 4.12. The number of methoxy groups -OCH3 is 1. The van der Waals surface area contributed by atoms with Crippen LogP contribution in [0.2, 0.25) is 0 Å². The first kappa shape index (κ1) is 13.3. The molecule has 3 nitrogen and oxygen atoms in total.